The molecule has 0 aromatic heterocycles. The summed E-state index contributed by atoms with van der Waals surface area (Å²) in [4.78, 5) is 4.84. The van der Waals surface area contributed by atoms with Crippen molar-refractivity contribution in [1.29, 1.82) is 0 Å². The summed E-state index contributed by atoms with van der Waals surface area (Å²) in [7, 11) is 0. The first kappa shape index (κ1) is 24.9. The van der Waals surface area contributed by atoms with E-state index in [-0.39, 0.29) is 32.7 Å². The van der Waals surface area contributed by atoms with Crippen LogP contribution in [0.3, 0.4) is 0 Å². The first-order chi connectivity index (χ1) is 14.6. The van der Waals surface area contributed by atoms with E-state index in [1.165, 1.54) is 5.56 Å². The van der Waals surface area contributed by atoms with Gasteiger partial charge in [0.15, 0.2) is 0 Å². The van der Waals surface area contributed by atoms with Crippen LogP contribution in [-0.4, -0.2) is 44.2 Å². The van der Waals surface area contributed by atoms with E-state index in [4.69, 9.17) is 27.9 Å². The minimum Gasteiger partial charge on any atom is -0.494 e. The quantitative estimate of drug-likeness (QED) is 0.451. The van der Waals surface area contributed by atoms with Crippen LogP contribution in [0.4, 0.5) is 11.4 Å². The second-order valence-electron chi connectivity index (χ2n) is 8.00. The number of ether oxygens (including phenoxy) is 1. The third-order valence-corrected chi connectivity index (χ3v) is 6.68. The molecular weight excluding hydrogens is 506 g/mol. The van der Waals surface area contributed by atoms with Gasteiger partial charge in [0.2, 0.25) is 0 Å². The van der Waals surface area contributed by atoms with Gasteiger partial charge in [0.25, 0.3) is 0 Å². The topological polar surface area (TPSA) is 27.7 Å². The molecule has 0 saturated carbocycles. The van der Waals surface area contributed by atoms with E-state index < -0.39 is 0 Å². The van der Waals surface area contributed by atoms with Crippen LogP contribution in [0.15, 0.2) is 48.7 Å². The van der Waals surface area contributed by atoms with E-state index in [1.54, 1.807) is 0 Å². The molecule has 2 heterocycles. The summed E-state index contributed by atoms with van der Waals surface area (Å²) < 4.78 is 5.97. The number of halogens is 2. The van der Waals surface area contributed by atoms with Gasteiger partial charge in [-0.25, -0.2) is 0 Å². The Kier molecular flexibility index (Phi) is 9.54. The Labute approximate surface area is 220 Å². The molecule has 2 aromatic rings. The second-order valence-corrected chi connectivity index (χ2v) is 8.79. The molecule has 2 aliphatic rings. The third kappa shape index (κ3) is 6.61. The zero-order chi connectivity index (χ0) is 20.9. The summed E-state index contributed by atoms with van der Waals surface area (Å²) in [5, 5.41) is 4.65. The number of allylic oxidation sites excluding steroid dienone is 1. The molecule has 0 unspecified atom stereocenters. The molecule has 0 amide bonds. The fraction of sp³-hybridized carbons (Fsp3) is 0.417. The van der Waals surface area contributed by atoms with E-state index in [9.17, 15) is 0 Å². The number of nitrogens with one attached hydrogen (secondary N) is 1. The number of rotatable bonds is 7. The summed E-state index contributed by atoms with van der Waals surface area (Å²) >= 11 is 12.5. The van der Waals surface area contributed by atoms with Gasteiger partial charge in [-0.15, -0.1) is 0 Å². The number of unbranched alkanes of at least 4 members (excludes halogenated alkanes) is 1. The molecule has 1 N–H and O–H groups in total. The number of aryl methyl sites for hydroxylation is 1. The van der Waals surface area contributed by atoms with Crippen molar-refractivity contribution in [3.05, 3.63) is 64.3 Å². The number of piperazine rings is 1. The molecule has 7 heteroatoms. The molecule has 0 aliphatic carbocycles. The van der Waals surface area contributed by atoms with Crippen molar-refractivity contribution in [3.8, 4) is 5.75 Å². The molecule has 4 nitrogen and oxygen atoms in total. The maximum absolute atomic E-state index is 6.37. The molecule has 1 fully saturated rings. The fourth-order valence-electron chi connectivity index (χ4n) is 4.09. The predicted molar refractivity (Wildman–Crippen MR) is 127 cm³/mol. The monoisotopic (exact) mass is 534 g/mol. The van der Waals surface area contributed by atoms with Crippen LogP contribution in [0.1, 0.15) is 24.8 Å². The largest absolute Gasteiger partial charge is 0.494 e. The van der Waals surface area contributed by atoms with Gasteiger partial charge >= 0.3 is 0 Å². The van der Waals surface area contributed by atoms with Gasteiger partial charge in [-0.05, 0) is 56.0 Å². The molecule has 31 heavy (non-hydrogen) atoms. The standard InChI is InChI=1S/C24H29Cl2N3O.Y/c1-18-7-8-19-9-10-20(17-22(19)27-18)30-16-3-2-11-28-12-14-29(15-13-28)23-6-4-5-21(25)24(23)26;/h4-6,9-10,17,27H,1-3,7-8,11-16H2;. The molecule has 2 aliphatic heterocycles. The third-order valence-electron chi connectivity index (χ3n) is 5.87. The fourth-order valence-corrected chi connectivity index (χ4v) is 4.51. The Balaban J connectivity index is 0.00000272. The normalized spacial score (nSPS) is 16.3. The van der Waals surface area contributed by atoms with Crippen LogP contribution >= 0.6 is 23.2 Å². The molecule has 0 atom stereocenters. The minimum atomic E-state index is 0. The van der Waals surface area contributed by atoms with Gasteiger partial charge in [-0.1, -0.05) is 41.9 Å². The molecule has 0 bridgehead atoms. The number of anilines is 2. The minimum absolute atomic E-state index is 0. The van der Waals surface area contributed by atoms with Gasteiger partial charge in [0.1, 0.15) is 5.75 Å². The van der Waals surface area contributed by atoms with Crippen molar-refractivity contribution in [2.45, 2.75) is 25.7 Å². The van der Waals surface area contributed by atoms with Gasteiger partial charge < -0.3 is 15.0 Å². The zero-order valence-electron chi connectivity index (χ0n) is 17.9. The molecule has 163 valence electrons. The molecular formula is C24H29Cl2N3OY. The Bertz CT molecular complexity index is 900. The van der Waals surface area contributed by atoms with E-state index in [0.717, 1.165) is 87.8 Å². The SMILES string of the molecule is C=C1CCc2ccc(OCCCCN3CCN(c4cccc(Cl)c4Cl)CC3)cc2N1.[Y]. The van der Waals surface area contributed by atoms with Crippen molar-refractivity contribution >= 4 is 34.6 Å². The first-order valence-electron chi connectivity index (χ1n) is 10.7. The summed E-state index contributed by atoms with van der Waals surface area (Å²) in [5.41, 5.74) is 4.60. The molecule has 2 aromatic carbocycles. The zero-order valence-corrected chi connectivity index (χ0v) is 22.2. The van der Waals surface area contributed by atoms with E-state index in [0.29, 0.717) is 10.0 Å². The Hall–Kier alpha value is -0.776. The van der Waals surface area contributed by atoms with Gasteiger partial charge in [-0.3, -0.25) is 4.90 Å². The summed E-state index contributed by atoms with van der Waals surface area (Å²) in [6, 6.07) is 12.2. The maximum atomic E-state index is 6.37. The number of hydrogen-bond acceptors (Lipinski definition) is 4. The van der Waals surface area contributed by atoms with Crippen LogP contribution in [0, 0.1) is 0 Å². The van der Waals surface area contributed by atoms with Crippen LogP contribution in [-0.2, 0) is 39.1 Å². The Morgan fingerprint density at radius 3 is 2.61 bits per heavy atom. The van der Waals surface area contributed by atoms with Crippen LogP contribution < -0.4 is 15.0 Å². The van der Waals surface area contributed by atoms with Crippen molar-refractivity contribution in [2.24, 2.45) is 0 Å². The number of benzene rings is 2. The van der Waals surface area contributed by atoms with Gasteiger partial charge in [0, 0.05) is 76.3 Å². The average molecular weight is 535 g/mol. The average Bonchev–Trinajstić information content (AvgIpc) is 2.76. The van der Waals surface area contributed by atoms with Gasteiger partial charge in [-0.2, -0.15) is 0 Å². The van der Waals surface area contributed by atoms with Crippen molar-refractivity contribution in [2.75, 3.05) is 49.5 Å². The molecule has 4 rings (SSSR count). The van der Waals surface area contributed by atoms with Gasteiger partial charge in [0.05, 0.1) is 22.3 Å². The number of nitrogens with zero attached hydrogens (tertiary/aromatic N) is 2. The molecule has 1 saturated heterocycles. The van der Waals surface area contributed by atoms with Crippen LogP contribution in [0.25, 0.3) is 0 Å². The second kappa shape index (κ2) is 11.9. The van der Waals surface area contributed by atoms with Crippen molar-refractivity contribution < 1.29 is 37.4 Å². The summed E-state index contributed by atoms with van der Waals surface area (Å²) in [6.07, 6.45) is 4.25. The number of hydrogen-bond donors (Lipinski definition) is 1. The van der Waals surface area contributed by atoms with Crippen LogP contribution in [0.2, 0.25) is 10.0 Å². The molecule has 0 spiro atoms. The van der Waals surface area contributed by atoms with E-state index in [1.807, 2.05) is 18.2 Å². The summed E-state index contributed by atoms with van der Waals surface area (Å²) in [5.74, 6) is 0.933. The predicted octanol–water partition coefficient (Wildman–Crippen LogP) is 5.84. The smallest absolute Gasteiger partial charge is 0.121 e. The van der Waals surface area contributed by atoms with Crippen LogP contribution in [0.5, 0.6) is 5.75 Å². The number of fused-ring (bicyclic) bond motifs is 1. The van der Waals surface area contributed by atoms with E-state index >= 15 is 0 Å². The first-order valence-corrected chi connectivity index (χ1v) is 11.5. The van der Waals surface area contributed by atoms with E-state index in [2.05, 4.69) is 39.9 Å². The Morgan fingerprint density at radius 2 is 1.81 bits per heavy atom. The Morgan fingerprint density at radius 1 is 1.00 bits per heavy atom. The summed E-state index contributed by atoms with van der Waals surface area (Å²) in [6.45, 7) is 9.93. The molecule has 1 radical (unpaired) electrons. The maximum Gasteiger partial charge on any atom is 0.121 e. The van der Waals surface area contributed by atoms with Crippen molar-refractivity contribution in [3.63, 3.8) is 0 Å². The van der Waals surface area contributed by atoms with Crippen molar-refractivity contribution in [1.82, 2.24) is 4.90 Å².